The largest absolute Gasteiger partial charge is 0.478 e. The number of hydrogen-bond donors (Lipinski definition) is 1. The van der Waals surface area contributed by atoms with Gasteiger partial charge in [0.25, 0.3) is 0 Å². The first-order valence-electron chi connectivity index (χ1n) is 5.79. The molecule has 0 aliphatic rings. The van der Waals surface area contributed by atoms with Crippen molar-refractivity contribution in [2.24, 2.45) is 0 Å². The van der Waals surface area contributed by atoms with E-state index in [4.69, 9.17) is 9.52 Å². The van der Waals surface area contributed by atoms with Crippen molar-refractivity contribution in [2.75, 3.05) is 0 Å². The summed E-state index contributed by atoms with van der Waals surface area (Å²) in [4.78, 5) is 19.7. The summed E-state index contributed by atoms with van der Waals surface area (Å²) in [5.41, 5.74) is 1.80. The molecule has 20 heavy (non-hydrogen) atoms. The monoisotopic (exact) mass is 306 g/mol. The van der Waals surface area contributed by atoms with E-state index in [0.29, 0.717) is 17.9 Å². The maximum atomic E-state index is 10.8. The molecule has 3 heterocycles. The third-order valence-electron chi connectivity index (χ3n) is 2.62. The fourth-order valence-corrected chi connectivity index (χ4v) is 3.36. The van der Waals surface area contributed by atoms with Crippen molar-refractivity contribution in [3.63, 3.8) is 0 Å². The average molecular weight is 306 g/mol. The van der Waals surface area contributed by atoms with Crippen molar-refractivity contribution in [1.82, 2.24) is 9.97 Å². The van der Waals surface area contributed by atoms with E-state index in [0.717, 1.165) is 15.7 Å². The Kier molecular flexibility index (Phi) is 3.37. The van der Waals surface area contributed by atoms with Gasteiger partial charge < -0.3 is 9.52 Å². The molecule has 0 spiro atoms. The molecule has 3 rings (SSSR count). The Morgan fingerprint density at radius 1 is 1.30 bits per heavy atom. The Hall–Kier alpha value is -1.99. The molecule has 0 aromatic carbocycles. The van der Waals surface area contributed by atoms with Gasteiger partial charge in [0, 0.05) is 22.5 Å². The molecular weight excluding hydrogens is 296 g/mol. The molecule has 0 bridgehead atoms. The smallest absolute Gasteiger partial charge is 0.338 e. The highest BCUT2D eigenvalue weighted by molar-refractivity contribution is 7.11. The zero-order valence-electron chi connectivity index (χ0n) is 10.5. The molecule has 0 aliphatic carbocycles. The topological polar surface area (TPSA) is 76.2 Å². The van der Waals surface area contributed by atoms with Gasteiger partial charge in [-0.2, -0.15) is 0 Å². The van der Waals surface area contributed by atoms with Gasteiger partial charge >= 0.3 is 5.97 Å². The minimum absolute atomic E-state index is 0.130. The Morgan fingerprint density at radius 2 is 2.05 bits per heavy atom. The number of nitrogens with zero attached hydrogens (tertiary/aromatic N) is 2. The fourth-order valence-electron chi connectivity index (χ4n) is 1.70. The molecule has 3 aromatic heterocycles. The Labute approximate surface area is 122 Å². The van der Waals surface area contributed by atoms with Crippen molar-refractivity contribution >= 4 is 28.6 Å². The van der Waals surface area contributed by atoms with Gasteiger partial charge in [-0.15, -0.1) is 22.7 Å². The quantitative estimate of drug-likeness (QED) is 0.799. The fraction of sp³-hybridized carbons (Fsp3) is 0.154. The molecule has 0 fully saturated rings. The van der Waals surface area contributed by atoms with Crippen molar-refractivity contribution in [2.45, 2.75) is 13.3 Å². The van der Waals surface area contributed by atoms with Gasteiger partial charge in [-0.3, -0.25) is 0 Å². The number of carboxylic acids is 1. The number of furan rings is 1. The first-order chi connectivity index (χ1) is 9.61. The van der Waals surface area contributed by atoms with Crippen LogP contribution in [0.4, 0.5) is 0 Å². The number of hydrogen-bond acceptors (Lipinski definition) is 6. The second-order valence-corrected chi connectivity index (χ2v) is 6.08. The van der Waals surface area contributed by atoms with Gasteiger partial charge in [-0.25, -0.2) is 14.8 Å². The number of aryl methyl sites for hydroxylation is 1. The van der Waals surface area contributed by atoms with Gasteiger partial charge in [0.05, 0.1) is 17.0 Å². The van der Waals surface area contributed by atoms with Crippen LogP contribution in [0.25, 0.3) is 11.5 Å². The SMILES string of the molecule is Cc1csc(Cc2nc(-c3cc(C(=O)O)co3)cs2)n1. The molecular formula is C13H10N2O3S2. The molecule has 3 aromatic rings. The van der Waals surface area contributed by atoms with Crippen LogP contribution in [-0.4, -0.2) is 21.0 Å². The van der Waals surface area contributed by atoms with Gasteiger partial charge in [-0.05, 0) is 6.92 Å². The van der Waals surface area contributed by atoms with Crippen LogP contribution in [0.5, 0.6) is 0 Å². The summed E-state index contributed by atoms with van der Waals surface area (Å²) < 4.78 is 5.23. The lowest BCUT2D eigenvalue weighted by Crippen LogP contribution is -1.91. The number of carboxylic acid groups (broad SMARTS) is 1. The van der Waals surface area contributed by atoms with Gasteiger partial charge in [-0.1, -0.05) is 0 Å². The van der Waals surface area contributed by atoms with E-state index in [9.17, 15) is 4.79 Å². The van der Waals surface area contributed by atoms with Crippen LogP contribution in [0.2, 0.25) is 0 Å². The van der Waals surface area contributed by atoms with E-state index >= 15 is 0 Å². The van der Waals surface area contributed by atoms with Crippen LogP contribution in [0, 0.1) is 6.92 Å². The third kappa shape index (κ3) is 2.63. The standard InChI is InChI=1S/C13H10N2O3S2/c1-7-5-19-11(14-7)3-12-15-9(6-20-12)10-2-8(4-18-10)13(16)17/h2,4-6H,3H2,1H3,(H,16,17). The molecule has 0 radical (unpaired) electrons. The molecule has 0 saturated heterocycles. The molecule has 0 amide bonds. The summed E-state index contributed by atoms with van der Waals surface area (Å²) >= 11 is 3.13. The molecule has 102 valence electrons. The lowest BCUT2D eigenvalue weighted by Gasteiger charge is -1.90. The van der Waals surface area contributed by atoms with Gasteiger partial charge in [0.2, 0.25) is 0 Å². The highest BCUT2D eigenvalue weighted by Gasteiger charge is 2.13. The first kappa shape index (κ1) is 13.0. The van der Waals surface area contributed by atoms with E-state index in [2.05, 4.69) is 9.97 Å². The molecule has 0 unspecified atom stereocenters. The minimum atomic E-state index is -1.01. The number of aromatic carboxylic acids is 1. The summed E-state index contributed by atoms with van der Waals surface area (Å²) in [7, 11) is 0. The second kappa shape index (κ2) is 5.18. The van der Waals surface area contributed by atoms with Crippen molar-refractivity contribution in [3.8, 4) is 11.5 Å². The number of rotatable bonds is 4. The molecule has 5 nitrogen and oxygen atoms in total. The average Bonchev–Trinajstić information content (AvgIpc) is 3.10. The lowest BCUT2D eigenvalue weighted by atomic mass is 10.3. The highest BCUT2D eigenvalue weighted by Crippen LogP contribution is 2.26. The maximum absolute atomic E-state index is 10.8. The van der Waals surface area contributed by atoms with Gasteiger partial charge in [0.1, 0.15) is 17.0 Å². The zero-order valence-corrected chi connectivity index (χ0v) is 12.1. The molecule has 7 heteroatoms. The minimum Gasteiger partial charge on any atom is -0.478 e. The maximum Gasteiger partial charge on any atom is 0.338 e. The molecule has 1 N–H and O–H groups in total. The summed E-state index contributed by atoms with van der Waals surface area (Å²) in [6.07, 6.45) is 1.91. The van der Waals surface area contributed by atoms with Crippen LogP contribution < -0.4 is 0 Å². The normalized spacial score (nSPS) is 10.8. The van der Waals surface area contributed by atoms with E-state index in [1.165, 1.54) is 23.7 Å². The van der Waals surface area contributed by atoms with Crippen LogP contribution in [0.3, 0.4) is 0 Å². The zero-order chi connectivity index (χ0) is 14.1. The van der Waals surface area contributed by atoms with E-state index in [-0.39, 0.29) is 5.56 Å². The Morgan fingerprint density at radius 3 is 2.70 bits per heavy atom. The highest BCUT2D eigenvalue weighted by atomic mass is 32.1. The third-order valence-corrected chi connectivity index (χ3v) is 4.44. The summed E-state index contributed by atoms with van der Waals surface area (Å²) in [5.74, 6) is -0.533. The first-order valence-corrected chi connectivity index (χ1v) is 7.55. The molecule has 0 aliphatic heterocycles. The van der Waals surface area contributed by atoms with Crippen LogP contribution in [0.1, 0.15) is 26.1 Å². The second-order valence-electron chi connectivity index (χ2n) is 4.19. The van der Waals surface area contributed by atoms with Crippen LogP contribution >= 0.6 is 22.7 Å². The predicted octanol–water partition coefficient (Wildman–Crippen LogP) is 3.46. The van der Waals surface area contributed by atoms with Crippen LogP contribution in [0.15, 0.2) is 27.5 Å². The van der Waals surface area contributed by atoms with Crippen molar-refractivity contribution in [1.29, 1.82) is 0 Å². The van der Waals surface area contributed by atoms with Gasteiger partial charge in [0.15, 0.2) is 5.76 Å². The number of carbonyl (C=O) groups is 1. The summed E-state index contributed by atoms with van der Waals surface area (Å²) in [6.45, 7) is 1.96. The molecule has 0 atom stereocenters. The Balaban J connectivity index is 1.80. The number of aromatic nitrogens is 2. The van der Waals surface area contributed by atoms with Crippen molar-refractivity contribution in [3.05, 3.63) is 44.4 Å². The number of thiazole rings is 2. The van der Waals surface area contributed by atoms with E-state index in [1.54, 1.807) is 11.3 Å². The van der Waals surface area contributed by atoms with E-state index < -0.39 is 5.97 Å². The summed E-state index contributed by atoms with van der Waals surface area (Å²) in [5, 5.41) is 14.7. The Bertz CT molecular complexity index is 757. The van der Waals surface area contributed by atoms with Crippen LogP contribution in [-0.2, 0) is 6.42 Å². The predicted molar refractivity (Wildman–Crippen MR) is 76.4 cm³/mol. The summed E-state index contributed by atoms with van der Waals surface area (Å²) in [6, 6.07) is 1.48. The molecule has 0 saturated carbocycles. The van der Waals surface area contributed by atoms with E-state index in [1.807, 2.05) is 17.7 Å². The lowest BCUT2D eigenvalue weighted by molar-refractivity contribution is 0.0696. The van der Waals surface area contributed by atoms with Crippen molar-refractivity contribution < 1.29 is 14.3 Å².